The minimum atomic E-state index is 0.0649. The second kappa shape index (κ2) is 4.55. The Balaban J connectivity index is 3.64. The highest BCUT2D eigenvalue weighted by Crippen LogP contribution is 2.36. The van der Waals surface area contributed by atoms with E-state index in [0.717, 1.165) is 6.42 Å². The van der Waals surface area contributed by atoms with Gasteiger partial charge in [0.15, 0.2) is 0 Å². The monoisotopic (exact) mass is 177 g/mol. The number of rotatable bonds is 4. The maximum Gasteiger partial charge on any atom is 0.0686 e. The van der Waals surface area contributed by atoms with Gasteiger partial charge in [-0.05, 0) is 19.8 Å². The Hall–Kier alpha value is 0.700. The zero-order chi connectivity index (χ0) is 8.20. The van der Waals surface area contributed by atoms with Crippen LogP contribution in [0.1, 0.15) is 40.5 Å². The van der Waals surface area contributed by atoms with Crippen molar-refractivity contribution < 1.29 is 0 Å². The number of hydrogen-bond donors (Lipinski definition) is 0. The summed E-state index contributed by atoms with van der Waals surface area (Å²) in [6.45, 7) is 8.74. The van der Waals surface area contributed by atoms with Crippen molar-refractivity contribution in [1.29, 1.82) is 0 Å². The van der Waals surface area contributed by atoms with E-state index in [1.165, 1.54) is 6.42 Å². The van der Waals surface area contributed by atoms with Crippen LogP contribution in [0.4, 0.5) is 0 Å². The third-order valence-electron chi connectivity index (χ3n) is 1.67. The summed E-state index contributed by atoms with van der Waals surface area (Å²) in [7, 11) is 0. The average Bonchev–Trinajstić information content (AvgIpc) is 1.87. The second-order valence-electron chi connectivity index (χ2n) is 2.82. The van der Waals surface area contributed by atoms with E-state index in [9.17, 15) is 0 Å². The molecule has 2 unspecified atom stereocenters. The molecule has 0 rings (SSSR count). The van der Waals surface area contributed by atoms with Gasteiger partial charge in [0, 0.05) is 5.25 Å². The van der Waals surface area contributed by atoms with Crippen LogP contribution in [0.2, 0.25) is 0 Å². The lowest BCUT2D eigenvalue weighted by molar-refractivity contribution is 0.826. The fraction of sp³-hybridized carbons (Fsp3) is 1.00. The van der Waals surface area contributed by atoms with E-state index in [2.05, 4.69) is 27.7 Å². The molecule has 0 heterocycles. The van der Waals surface area contributed by atoms with Gasteiger partial charge in [-0.25, -0.2) is 0 Å². The van der Waals surface area contributed by atoms with E-state index in [1.807, 2.05) is 11.8 Å². The predicted octanol–water partition coefficient (Wildman–Crippen LogP) is 3.84. The molecule has 0 aliphatic heterocycles. The first kappa shape index (κ1) is 10.7. The van der Waals surface area contributed by atoms with Crippen molar-refractivity contribution in [2.24, 2.45) is 0 Å². The van der Waals surface area contributed by atoms with Gasteiger partial charge in [-0.1, -0.05) is 33.4 Å². The molecule has 0 aliphatic rings. The van der Waals surface area contributed by atoms with Crippen molar-refractivity contribution in [2.45, 2.75) is 49.9 Å². The molecular weight excluding hydrogens is 160 g/mol. The molecule has 0 fully saturated rings. The van der Waals surface area contributed by atoms with E-state index >= 15 is 0 Å². The summed E-state index contributed by atoms with van der Waals surface area (Å²) in [6.07, 6.45) is 2.30. The molecule has 0 amide bonds. The van der Waals surface area contributed by atoms with E-state index in [1.54, 1.807) is 0 Å². The summed E-state index contributed by atoms with van der Waals surface area (Å²) in [4.78, 5) is 0. The molecule has 0 nitrogen and oxygen atoms in total. The summed E-state index contributed by atoms with van der Waals surface area (Å²) >= 11 is 7.27. The zero-order valence-electron chi connectivity index (χ0n) is 7.31. The van der Waals surface area contributed by atoms with Crippen molar-refractivity contribution in [3.8, 4) is 0 Å². The topological polar surface area (TPSA) is 0 Å². The zero-order valence-corrected chi connectivity index (χ0v) is 8.94. The molecule has 0 aromatic carbocycles. The van der Waals surface area contributed by atoms with E-state index in [-0.39, 0.29) is 4.08 Å². The SMILES string of the molecule is CCC(C)SC(C)([S])CC. The molecule has 0 bridgehead atoms. The van der Waals surface area contributed by atoms with Crippen molar-refractivity contribution in [3.05, 3.63) is 0 Å². The quantitative estimate of drug-likeness (QED) is 0.628. The lowest BCUT2D eigenvalue weighted by Gasteiger charge is -2.23. The van der Waals surface area contributed by atoms with Gasteiger partial charge in [-0.2, -0.15) is 0 Å². The van der Waals surface area contributed by atoms with Gasteiger partial charge in [0.25, 0.3) is 0 Å². The summed E-state index contributed by atoms with van der Waals surface area (Å²) in [6, 6.07) is 0. The van der Waals surface area contributed by atoms with Gasteiger partial charge in [0.2, 0.25) is 0 Å². The molecule has 10 heavy (non-hydrogen) atoms. The number of thioether (sulfide) groups is 1. The van der Waals surface area contributed by atoms with E-state index in [4.69, 9.17) is 12.6 Å². The predicted molar refractivity (Wildman–Crippen MR) is 53.6 cm³/mol. The molecule has 0 aromatic rings. The Bertz CT molecular complexity index is 89.3. The Morgan fingerprint density at radius 3 is 2.30 bits per heavy atom. The van der Waals surface area contributed by atoms with Crippen LogP contribution in [0, 0.1) is 0 Å². The summed E-state index contributed by atoms with van der Waals surface area (Å²) < 4.78 is 0.0649. The van der Waals surface area contributed by atoms with Gasteiger partial charge in [-0.15, -0.1) is 11.8 Å². The van der Waals surface area contributed by atoms with E-state index in [0.29, 0.717) is 5.25 Å². The first-order valence-corrected chi connectivity index (χ1v) is 5.19. The summed E-state index contributed by atoms with van der Waals surface area (Å²) in [5.41, 5.74) is 0. The van der Waals surface area contributed by atoms with Crippen molar-refractivity contribution in [3.63, 3.8) is 0 Å². The first-order chi connectivity index (χ1) is 4.52. The Morgan fingerprint density at radius 1 is 1.50 bits per heavy atom. The van der Waals surface area contributed by atoms with Gasteiger partial charge >= 0.3 is 0 Å². The smallest absolute Gasteiger partial charge is 0.0686 e. The van der Waals surface area contributed by atoms with E-state index < -0.39 is 0 Å². The third kappa shape index (κ3) is 4.51. The molecule has 0 spiro atoms. The molecule has 0 saturated carbocycles. The molecule has 2 heteroatoms. The van der Waals surface area contributed by atoms with Crippen LogP contribution >= 0.6 is 24.4 Å². The first-order valence-electron chi connectivity index (χ1n) is 3.90. The van der Waals surface area contributed by atoms with Gasteiger partial charge in [0.05, 0.1) is 4.08 Å². The van der Waals surface area contributed by atoms with Gasteiger partial charge in [-0.3, -0.25) is 0 Å². The van der Waals surface area contributed by atoms with Crippen LogP contribution in [0.3, 0.4) is 0 Å². The van der Waals surface area contributed by atoms with Crippen molar-refractivity contribution in [2.75, 3.05) is 0 Å². The minimum absolute atomic E-state index is 0.0649. The van der Waals surface area contributed by atoms with Crippen LogP contribution in [0.15, 0.2) is 0 Å². The lowest BCUT2D eigenvalue weighted by atomic mass is 10.3. The van der Waals surface area contributed by atoms with Crippen LogP contribution in [0.25, 0.3) is 0 Å². The highest BCUT2D eigenvalue weighted by atomic mass is 32.2. The number of hydrogen-bond acceptors (Lipinski definition) is 1. The summed E-state index contributed by atoms with van der Waals surface area (Å²) in [5, 5.41) is 0.711. The highest BCUT2D eigenvalue weighted by Gasteiger charge is 2.20. The van der Waals surface area contributed by atoms with Crippen molar-refractivity contribution >= 4 is 24.4 Å². The van der Waals surface area contributed by atoms with Crippen LogP contribution in [-0.4, -0.2) is 9.33 Å². The maximum absolute atomic E-state index is 5.35. The molecule has 0 saturated heterocycles. The highest BCUT2D eigenvalue weighted by molar-refractivity contribution is 8.11. The molecule has 0 aliphatic carbocycles. The molecule has 0 N–H and O–H groups in total. The largest absolute Gasteiger partial charge is 0.140 e. The fourth-order valence-electron chi connectivity index (χ4n) is 0.592. The molecule has 61 valence electrons. The lowest BCUT2D eigenvalue weighted by Crippen LogP contribution is -2.13. The maximum atomic E-state index is 5.35. The standard InChI is InChI=1S/C8H17S2/c1-5-7(3)10-8(4,9)6-2/h7H,5-6H2,1-4H3. The molecule has 0 aromatic heterocycles. The van der Waals surface area contributed by atoms with Gasteiger partial charge < -0.3 is 0 Å². The van der Waals surface area contributed by atoms with Gasteiger partial charge in [0.1, 0.15) is 0 Å². The molecule has 2 atom stereocenters. The van der Waals surface area contributed by atoms with Crippen LogP contribution in [-0.2, 0) is 0 Å². The summed E-state index contributed by atoms with van der Waals surface area (Å²) in [5.74, 6) is 0. The minimum Gasteiger partial charge on any atom is -0.140 e. The normalized spacial score (nSPS) is 20.1. The van der Waals surface area contributed by atoms with Crippen LogP contribution < -0.4 is 0 Å². The average molecular weight is 177 g/mol. The van der Waals surface area contributed by atoms with Crippen molar-refractivity contribution in [1.82, 2.24) is 0 Å². The van der Waals surface area contributed by atoms with Crippen LogP contribution in [0.5, 0.6) is 0 Å². The Morgan fingerprint density at radius 2 is 2.00 bits per heavy atom. The molecule has 1 radical (unpaired) electrons. The Labute approximate surface area is 74.6 Å². The second-order valence-corrected chi connectivity index (χ2v) is 5.93. The molecular formula is C8H17S2. The fourth-order valence-corrected chi connectivity index (χ4v) is 2.27. The Kier molecular flexibility index (Phi) is 4.87. The third-order valence-corrected chi connectivity index (χ3v) is 3.77.